The van der Waals surface area contributed by atoms with E-state index in [1.165, 1.54) is 5.69 Å². The molecule has 2 fully saturated rings. The first-order valence-electron chi connectivity index (χ1n) is 11.8. The van der Waals surface area contributed by atoms with Gasteiger partial charge in [0.25, 0.3) is 0 Å². The van der Waals surface area contributed by atoms with E-state index >= 15 is 0 Å². The minimum absolute atomic E-state index is 0.264. The Balaban J connectivity index is 1.02. The molecule has 1 aromatic carbocycles. The standard InChI is InChI=1S/C26H30N6O/c1-2-6-22(7-3-1)31-17-15-30(16-18-31)12-4-5-19-33-23-9-13-32(14-10-23)26-24-8-11-27-20-25(24)28-21-29-26/h1-3,6-8,11,20-21,23H,9-10,12-19H2. The third-order valence-corrected chi connectivity index (χ3v) is 6.47. The van der Waals surface area contributed by atoms with E-state index in [4.69, 9.17) is 4.74 Å². The van der Waals surface area contributed by atoms with Gasteiger partial charge >= 0.3 is 0 Å². The van der Waals surface area contributed by atoms with Crippen LogP contribution in [0.4, 0.5) is 11.5 Å². The third-order valence-electron chi connectivity index (χ3n) is 6.47. The first kappa shape index (κ1) is 21.6. The van der Waals surface area contributed by atoms with Gasteiger partial charge in [-0.25, -0.2) is 9.97 Å². The maximum atomic E-state index is 6.05. The molecule has 33 heavy (non-hydrogen) atoms. The molecule has 0 radical (unpaired) electrons. The highest BCUT2D eigenvalue weighted by molar-refractivity contribution is 5.88. The molecule has 7 heteroatoms. The lowest BCUT2D eigenvalue weighted by atomic mass is 10.1. The number of rotatable bonds is 5. The summed E-state index contributed by atoms with van der Waals surface area (Å²) in [5.41, 5.74) is 2.20. The molecule has 0 aliphatic carbocycles. The van der Waals surface area contributed by atoms with Crippen molar-refractivity contribution >= 4 is 22.4 Å². The average molecular weight is 443 g/mol. The van der Waals surface area contributed by atoms with Gasteiger partial charge in [0, 0.05) is 56.5 Å². The molecule has 0 bridgehead atoms. The van der Waals surface area contributed by atoms with Crippen LogP contribution in [0.5, 0.6) is 0 Å². The number of ether oxygens (including phenoxy) is 1. The molecule has 0 N–H and O–H groups in total. The molecule has 2 saturated heterocycles. The second kappa shape index (κ2) is 10.6. The van der Waals surface area contributed by atoms with Crippen LogP contribution in [0, 0.1) is 11.8 Å². The minimum Gasteiger partial charge on any atom is -0.369 e. The quantitative estimate of drug-likeness (QED) is 0.563. The Hall–Kier alpha value is -3.21. The number of fused-ring (bicyclic) bond motifs is 1. The van der Waals surface area contributed by atoms with Crippen LogP contribution in [0.3, 0.4) is 0 Å². The monoisotopic (exact) mass is 442 g/mol. The number of benzene rings is 1. The summed E-state index contributed by atoms with van der Waals surface area (Å²) in [5, 5.41) is 1.06. The third kappa shape index (κ3) is 5.41. The summed E-state index contributed by atoms with van der Waals surface area (Å²) in [4.78, 5) is 20.2. The fourth-order valence-electron chi connectivity index (χ4n) is 4.56. The van der Waals surface area contributed by atoms with Gasteiger partial charge in [-0.15, -0.1) is 0 Å². The van der Waals surface area contributed by atoms with Crippen LogP contribution in [0.1, 0.15) is 12.8 Å². The normalized spacial score (nSPS) is 17.7. The van der Waals surface area contributed by atoms with E-state index in [-0.39, 0.29) is 6.10 Å². The summed E-state index contributed by atoms with van der Waals surface area (Å²) in [7, 11) is 0. The molecular weight excluding hydrogens is 412 g/mol. The fraction of sp³-hybridized carbons (Fsp3) is 0.423. The molecule has 4 heterocycles. The van der Waals surface area contributed by atoms with Crippen LogP contribution in [0.2, 0.25) is 0 Å². The number of piperazine rings is 1. The lowest BCUT2D eigenvalue weighted by Crippen LogP contribution is -2.46. The first-order chi connectivity index (χ1) is 16.4. The maximum Gasteiger partial charge on any atom is 0.139 e. The molecule has 0 atom stereocenters. The van der Waals surface area contributed by atoms with Gasteiger partial charge in [0.2, 0.25) is 0 Å². The Bertz CT molecular complexity index is 1090. The zero-order chi connectivity index (χ0) is 22.3. The second-order valence-corrected chi connectivity index (χ2v) is 8.54. The van der Waals surface area contributed by atoms with Crippen LogP contribution in [-0.2, 0) is 4.74 Å². The van der Waals surface area contributed by atoms with Crippen LogP contribution < -0.4 is 9.80 Å². The van der Waals surface area contributed by atoms with Crippen molar-refractivity contribution in [2.45, 2.75) is 18.9 Å². The van der Waals surface area contributed by atoms with E-state index in [2.05, 4.69) is 71.8 Å². The Kier molecular flexibility index (Phi) is 6.95. The van der Waals surface area contributed by atoms with Crippen LogP contribution >= 0.6 is 0 Å². The first-order valence-corrected chi connectivity index (χ1v) is 11.8. The number of anilines is 2. The smallest absolute Gasteiger partial charge is 0.139 e. The summed E-state index contributed by atoms with van der Waals surface area (Å²) < 4.78 is 6.05. The summed E-state index contributed by atoms with van der Waals surface area (Å²) in [5.74, 6) is 7.52. The number of para-hydroxylation sites is 1. The Morgan fingerprint density at radius 2 is 1.70 bits per heavy atom. The van der Waals surface area contributed by atoms with Crippen LogP contribution in [0.25, 0.3) is 10.9 Å². The largest absolute Gasteiger partial charge is 0.369 e. The van der Waals surface area contributed by atoms with Gasteiger partial charge < -0.3 is 14.5 Å². The minimum atomic E-state index is 0.264. The Labute approximate surface area is 195 Å². The zero-order valence-corrected chi connectivity index (χ0v) is 18.9. The van der Waals surface area contributed by atoms with E-state index in [0.29, 0.717) is 6.61 Å². The Morgan fingerprint density at radius 3 is 2.52 bits per heavy atom. The molecule has 2 aromatic heterocycles. The molecular formula is C26H30N6O. The van der Waals surface area contributed by atoms with Gasteiger partial charge in [0.1, 0.15) is 18.8 Å². The molecule has 5 rings (SSSR count). The second-order valence-electron chi connectivity index (χ2n) is 8.54. The van der Waals surface area contributed by atoms with Crippen molar-refractivity contribution in [1.82, 2.24) is 19.9 Å². The Morgan fingerprint density at radius 1 is 0.879 bits per heavy atom. The molecule has 2 aliphatic rings. The number of aromatic nitrogens is 3. The van der Waals surface area contributed by atoms with Crippen molar-refractivity contribution in [1.29, 1.82) is 0 Å². The number of hydrogen-bond acceptors (Lipinski definition) is 7. The number of piperidine rings is 1. The molecule has 7 nitrogen and oxygen atoms in total. The van der Waals surface area contributed by atoms with Crippen molar-refractivity contribution in [2.75, 3.05) is 62.2 Å². The molecule has 170 valence electrons. The lowest BCUT2D eigenvalue weighted by Gasteiger charge is -2.35. The number of pyridine rings is 1. The van der Waals surface area contributed by atoms with E-state index in [0.717, 1.165) is 75.4 Å². The van der Waals surface area contributed by atoms with Crippen LogP contribution in [0.15, 0.2) is 55.1 Å². The molecule has 0 unspecified atom stereocenters. The molecule has 0 amide bonds. The van der Waals surface area contributed by atoms with Gasteiger partial charge in [-0.1, -0.05) is 30.0 Å². The SMILES string of the molecule is C(#CCN1CCN(c2ccccc2)CC1)COC1CCN(c2ncnc3cnccc23)CC1. The van der Waals surface area contributed by atoms with Crippen molar-refractivity contribution in [3.05, 3.63) is 55.1 Å². The van der Waals surface area contributed by atoms with E-state index in [1.54, 1.807) is 18.7 Å². The summed E-state index contributed by atoms with van der Waals surface area (Å²) >= 11 is 0. The van der Waals surface area contributed by atoms with Gasteiger partial charge in [-0.3, -0.25) is 9.88 Å². The lowest BCUT2D eigenvalue weighted by molar-refractivity contribution is 0.0594. The fourth-order valence-corrected chi connectivity index (χ4v) is 4.56. The highest BCUT2D eigenvalue weighted by Crippen LogP contribution is 2.25. The van der Waals surface area contributed by atoms with Gasteiger partial charge in [-0.2, -0.15) is 0 Å². The highest BCUT2D eigenvalue weighted by atomic mass is 16.5. The van der Waals surface area contributed by atoms with E-state index < -0.39 is 0 Å². The maximum absolute atomic E-state index is 6.05. The summed E-state index contributed by atoms with van der Waals surface area (Å²) in [6.07, 6.45) is 7.45. The molecule has 0 saturated carbocycles. The van der Waals surface area contributed by atoms with Crippen LogP contribution in [-0.4, -0.2) is 78.4 Å². The average Bonchev–Trinajstić information content (AvgIpc) is 2.89. The molecule has 3 aromatic rings. The number of hydrogen-bond donors (Lipinski definition) is 0. The summed E-state index contributed by atoms with van der Waals surface area (Å²) in [6, 6.07) is 12.6. The van der Waals surface area contributed by atoms with E-state index in [1.807, 2.05) is 6.07 Å². The van der Waals surface area contributed by atoms with Crippen molar-refractivity contribution in [3.63, 3.8) is 0 Å². The van der Waals surface area contributed by atoms with Gasteiger partial charge in [-0.05, 0) is 31.0 Å². The molecule has 0 spiro atoms. The summed E-state index contributed by atoms with van der Waals surface area (Å²) in [6.45, 7) is 7.40. The predicted octanol–water partition coefficient (Wildman–Crippen LogP) is 2.84. The van der Waals surface area contributed by atoms with Crippen molar-refractivity contribution in [2.24, 2.45) is 0 Å². The van der Waals surface area contributed by atoms with E-state index in [9.17, 15) is 0 Å². The molecule has 2 aliphatic heterocycles. The van der Waals surface area contributed by atoms with Gasteiger partial charge in [0.15, 0.2) is 0 Å². The van der Waals surface area contributed by atoms with Crippen molar-refractivity contribution in [3.8, 4) is 11.8 Å². The number of nitrogens with zero attached hydrogens (tertiary/aromatic N) is 6. The van der Waals surface area contributed by atoms with Crippen molar-refractivity contribution < 1.29 is 4.74 Å². The highest BCUT2D eigenvalue weighted by Gasteiger charge is 2.22. The predicted molar refractivity (Wildman–Crippen MR) is 131 cm³/mol. The topological polar surface area (TPSA) is 57.6 Å². The van der Waals surface area contributed by atoms with Gasteiger partial charge in [0.05, 0.1) is 24.4 Å². The zero-order valence-electron chi connectivity index (χ0n) is 18.9.